The maximum atomic E-state index is 11.7. The molecule has 1 aromatic carbocycles. The van der Waals surface area contributed by atoms with E-state index in [-0.39, 0.29) is 16.3 Å². The summed E-state index contributed by atoms with van der Waals surface area (Å²) in [5.41, 5.74) is 0.205. The molecule has 24 heavy (non-hydrogen) atoms. The fourth-order valence-electron chi connectivity index (χ4n) is 1.78. The van der Waals surface area contributed by atoms with E-state index >= 15 is 0 Å². The van der Waals surface area contributed by atoms with Crippen LogP contribution in [0, 0.1) is 0 Å². The van der Waals surface area contributed by atoms with E-state index < -0.39 is 11.7 Å². The normalized spacial score (nSPS) is 10.8. The molecule has 0 bridgehead atoms. The average Bonchev–Trinajstić information content (AvgIpc) is 2.47. The van der Waals surface area contributed by atoms with E-state index in [4.69, 9.17) is 21.1 Å². The van der Waals surface area contributed by atoms with Gasteiger partial charge in [0.2, 0.25) is 0 Å². The summed E-state index contributed by atoms with van der Waals surface area (Å²) in [6.45, 7) is 5.35. The Bertz CT molecular complexity index is 739. The zero-order chi connectivity index (χ0) is 17.7. The van der Waals surface area contributed by atoms with Crippen LogP contribution >= 0.6 is 11.6 Å². The highest BCUT2D eigenvalue weighted by Crippen LogP contribution is 2.28. The number of aromatic nitrogens is 1. The van der Waals surface area contributed by atoms with Gasteiger partial charge in [-0.2, -0.15) is 0 Å². The monoisotopic (exact) mass is 348 g/mol. The molecule has 1 N–H and O–H groups in total. The van der Waals surface area contributed by atoms with Gasteiger partial charge in [-0.3, -0.25) is 15.1 Å². The molecule has 0 aliphatic rings. The number of nitrogens with one attached hydrogen (secondary N) is 1. The first kappa shape index (κ1) is 17.7. The van der Waals surface area contributed by atoms with Gasteiger partial charge in [0.05, 0.1) is 16.8 Å². The number of anilines is 1. The highest BCUT2D eigenvalue weighted by molar-refractivity contribution is 6.33. The second kappa shape index (κ2) is 7.31. The van der Waals surface area contributed by atoms with E-state index in [9.17, 15) is 9.59 Å². The standard InChI is InChI=1S/C17H17ClN2O4/c1-17(2,3)24-16(22)20-11-4-6-12(7-5-11)23-15-9-19-8-14(18)13(15)10-21/h4-10H,1-3H3,(H,20,22). The van der Waals surface area contributed by atoms with Gasteiger partial charge >= 0.3 is 6.09 Å². The molecule has 0 atom stereocenters. The maximum absolute atomic E-state index is 11.7. The second-order valence-corrected chi connectivity index (χ2v) is 6.31. The lowest BCUT2D eigenvalue weighted by Gasteiger charge is -2.19. The van der Waals surface area contributed by atoms with Crippen molar-refractivity contribution in [1.29, 1.82) is 0 Å². The summed E-state index contributed by atoms with van der Waals surface area (Å²) in [4.78, 5) is 26.7. The van der Waals surface area contributed by atoms with Crippen LogP contribution < -0.4 is 10.1 Å². The van der Waals surface area contributed by atoms with Crippen molar-refractivity contribution < 1.29 is 19.1 Å². The van der Waals surface area contributed by atoms with Gasteiger partial charge in [-0.15, -0.1) is 0 Å². The van der Waals surface area contributed by atoms with Crippen molar-refractivity contribution in [2.24, 2.45) is 0 Å². The second-order valence-electron chi connectivity index (χ2n) is 5.90. The van der Waals surface area contributed by atoms with Gasteiger partial charge in [-0.25, -0.2) is 4.79 Å². The molecule has 7 heteroatoms. The number of ether oxygens (including phenoxy) is 2. The Morgan fingerprint density at radius 2 is 1.88 bits per heavy atom. The van der Waals surface area contributed by atoms with Crippen molar-refractivity contribution in [1.82, 2.24) is 4.98 Å². The van der Waals surface area contributed by atoms with Gasteiger partial charge < -0.3 is 9.47 Å². The van der Waals surface area contributed by atoms with E-state index in [0.29, 0.717) is 17.7 Å². The highest BCUT2D eigenvalue weighted by atomic mass is 35.5. The van der Waals surface area contributed by atoms with Gasteiger partial charge in [0.1, 0.15) is 11.4 Å². The number of amides is 1. The van der Waals surface area contributed by atoms with Gasteiger partial charge in [0.15, 0.2) is 12.0 Å². The lowest BCUT2D eigenvalue weighted by molar-refractivity contribution is 0.0635. The van der Waals surface area contributed by atoms with E-state index in [0.717, 1.165) is 0 Å². The summed E-state index contributed by atoms with van der Waals surface area (Å²) in [5.74, 6) is 0.724. The number of benzene rings is 1. The minimum atomic E-state index is -0.571. The first-order valence-corrected chi connectivity index (χ1v) is 7.53. The van der Waals surface area contributed by atoms with E-state index in [1.165, 1.54) is 12.4 Å². The molecule has 2 aromatic rings. The molecule has 126 valence electrons. The van der Waals surface area contributed by atoms with Crippen molar-refractivity contribution in [3.05, 3.63) is 47.2 Å². The Morgan fingerprint density at radius 3 is 2.46 bits per heavy atom. The molecular weight excluding hydrogens is 332 g/mol. The summed E-state index contributed by atoms with van der Waals surface area (Å²) in [6, 6.07) is 6.58. The van der Waals surface area contributed by atoms with Crippen molar-refractivity contribution >= 4 is 29.7 Å². The molecule has 0 unspecified atom stereocenters. The van der Waals surface area contributed by atoms with Crippen LogP contribution in [-0.4, -0.2) is 23.0 Å². The minimum Gasteiger partial charge on any atom is -0.455 e. The number of hydrogen-bond acceptors (Lipinski definition) is 5. The van der Waals surface area contributed by atoms with Crippen LogP contribution in [0.15, 0.2) is 36.7 Å². The molecule has 2 rings (SSSR count). The largest absolute Gasteiger partial charge is 0.455 e. The molecule has 0 spiro atoms. The number of pyridine rings is 1. The van der Waals surface area contributed by atoms with Crippen LogP contribution in [-0.2, 0) is 4.74 Å². The quantitative estimate of drug-likeness (QED) is 0.811. The summed E-state index contributed by atoms with van der Waals surface area (Å²) < 4.78 is 10.8. The highest BCUT2D eigenvalue weighted by Gasteiger charge is 2.16. The molecule has 1 amide bonds. The zero-order valence-electron chi connectivity index (χ0n) is 13.5. The summed E-state index contributed by atoms with van der Waals surface area (Å²) in [5, 5.41) is 2.83. The van der Waals surface area contributed by atoms with E-state index in [2.05, 4.69) is 10.3 Å². The number of carbonyl (C=O) groups excluding carboxylic acids is 2. The van der Waals surface area contributed by atoms with Crippen molar-refractivity contribution in [2.75, 3.05) is 5.32 Å². The Kier molecular flexibility index (Phi) is 5.41. The predicted octanol–water partition coefficient (Wildman–Crippen LogP) is 4.69. The molecule has 0 aliphatic heterocycles. The Morgan fingerprint density at radius 1 is 1.21 bits per heavy atom. The molecule has 6 nitrogen and oxygen atoms in total. The van der Waals surface area contributed by atoms with Crippen LogP contribution in [0.3, 0.4) is 0 Å². The van der Waals surface area contributed by atoms with Gasteiger partial charge in [-0.05, 0) is 45.0 Å². The maximum Gasteiger partial charge on any atom is 0.412 e. The van der Waals surface area contributed by atoms with Gasteiger partial charge in [-0.1, -0.05) is 11.6 Å². The van der Waals surface area contributed by atoms with Crippen LogP contribution in [0.5, 0.6) is 11.5 Å². The molecule has 0 saturated carbocycles. The molecule has 0 aliphatic carbocycles. The van der Waals surface area contributed by atoms with Gasteiger partial charge in [0, 0.05) is 11.9 Å². The molecule has 0 saturated heterocycles. The molecule has 1 aromatic heterocycles. The Hall–Kier alpha value is -2.60. The summed E-state index contributed by atoms with van der Waals surface area (Å²) >= 11 is 5.90. The van der Waals surface area contributed by atoms with Crippen LogP contribution in [0.1, 0.15) is 31.1 Å². The van der Waals surface area contributed by atoms with Gasteiger partial charge in [0.25, 0.3) is 0 Å². The van der Waals surface area contributed by atoms with Crippen molar-refractivity contribution in [3.63, 3.8) is 0 Å². The van der Waals surface area contributed by atoms with E-state index in [1.54, 1.807) is 45.0 Å². The fraction of sp³-hybridized carbons (Fsp3) is 0.235. The van der Waals surface area contributed by atoms with Crippen LogP contribution in [0.2, 0.25) is 5.02 Å². The Balaban J connectivity index is 2.06. The summed E-state index contributed by atoms with van der Waals surface area (Å²) in [7, 11) is 0. The third-order valence-electron chi connectivity index (χ3n) is 2.75. The van der Waals surface area contributed by atoms with Crippen LogP contribution in [0.25, 0.3) is 0 Å². The number of halogens is 1. The minimum absolute atomic E-state index is 0.214. The average molecular weight is 349 g/mol. The molecule has 1 heterocycles. The topological polar surface area (TPSA) is 77.5 Å². The smallest absolute Gasteiger partial charge is 0.412 e. The summed E-state index contributed by atoms with van der Waals surface area (Å²) in [6.07, 6.45) is 2.84. The van der Waals surface area contributed by atoms with Crippen LogP contribution in [0.4, 0.5) is 10.5 Å². The molecule has 0 radical (unpaired) electrons. The molecular formula is C17H17ClN2O4. The lowest BCUT2D eigenvalue weighted by Crippen LogP contribution is -2.27. The number of carbonyl (C=O) groups is 2. The van der Waals surface area contributed by atoms with Crippen molar-refractivity contribution in [3.8, 4) is 11.5 Å². The van der Waals surface area contributed by atoms with Crippen molar-refractivity contribution in [2.45, 2.75) is 26.4 Å². The third kappa shape index (κ3) is 4.96. The number of rotatable bonds is 4. The zero-order valence-corrected chi connectivity index (χ0v) is 14.3. The SMILES string of the molecule is CC(C)(C)OC(=O)Nc1ccc(Oc2cncc(Cl)c2C=O)cc1. The van der Waals surface area contributed by atoms with E-state index in [1.807, 2.05) is 0 Å². The Labute approximate surface area is 144 Å². The first-order chi connectivity index (χ1) is 11.3. The predicted molar refractivity (Wildman–Crippen MR) is 91.0 cm³/mol. The lowest BCUT2D eigenvalue weighted by atomic mass is 10.2. The first-order valence-electron chi connectivity index (χ1n) is 7.15. The third-order valence-corrected chi connectivity index (χ3v) is 3.05. The number of nitrogens with zero attached hydrogens (tertiary/aromatic N) is 1. The number of hydrogen-bond donors (Lipinski definition) is 1. The fourth-order valence-corrected chi connectivity index (χ4v) is 1.97. The molecule has 0 fully saturated rings. The number of aldehydes is 1.